The zero-order valence-corrected chi connectivity index (χ0v) is 14.7. The number of phenolic OH excluding ortho intramolecular Hbond substituents is 1. The highest BCUT2D eigenvalue weighted by Crippen LogP contribution is 2.26. The van der Waals surface area contributed by atoms with Crippen LogP contribution in [-0.2, 0) is 4.79 Å². The lowest BCUT2D eigenvalue weighted by Gasteiger charge is -2.09. The van der Waals surface area contributed by atoms with Crippen LogP contribution in [-0.4, -0.2) is 30.4 Å². The van der Waals surface area contributed by atoms with Crippen LogP contribution in [0.5, 0.6) is 11.5 Å². The summed E-state index contributed by atoms with van der Waals surface area (Å²) in [6, 6.07) is 10.9. The quantitative estimate of drug-likeness (QED) is 0.534. The Hall–Kier alpha value is -3.02. The highest BCUT2D eigenvalue weighted by molar-refractivity contribution is 5.85. The number of nitrogens with zero attached hydrogens (tertiary/aromatic N) is 1. The van der Waals surface area contributed by atoms with Gasteiger partial charge in [-0.25, -0.2) is 5.43 Å². The first-order valence-corrected chi connectivity index (χ1v) is 8.08. The van der Waals surface area contributed by atoms with Gasteiger partial charge in [0, 0.05) is 5.69 Å². The van der Waals surface area contributed by atoms with Crippen molar-refractivity contribution in [3.63, 3.8) is 0 Å². The van der Waals surface area contributed by atoms with E-state index in [-0.39, 0.29) is 18.2 Å². The summed E-state index contributed by atoms with van der Waals surface area (Å²) in [5, 5.41) is 16.8. The van der Waals surface area contributed by atoms with Gasteiger partial charge in [-0.1, -0.05) is 17.7 Å². The van der Waals surface area contributed by atoms with Crippen LogP contribution >= 0.6 is 0 Å². The van der Waals surface area contributed by atoms with Crippen molar-refractivity contribution in [1.82, 2.24) is 5.43 Å². The molecule has 6 nitrogen and oxygen atoms in total. The molecule has 6 heteroatoms. The number of hydrazone groups is 1. The van der Waals surface area contributed by atoms with Crippen LogP contribution in [0.1, 0.15) is 23.6 Å². The summed E-state index contributed by atoms with van der Waals surface area (Å²) >= 11 is 0. The van der Waals surface area contributed by atoms with Gasteiger partial charge in [0.25, 0.3) is 5.91 Å². The number of hydrogen-bond acceptors (Lipinski definition) is 5. The maximum Gasteiger partial charge on any atom is 0.259 e. The van der Waals surface area contributed by atoms with Crippen LogP contribution in [0, 0.1) is 13.8 Å². The second kappa shape index (κ2) is 8.73. The Kier molecular flexibility index (Phi) is 6.39. The minimum absolute atomic E-state index is 0.0358. The van der Waals surface area contributed by atoms with Crippen molar-refractivity contribution in [2.24, 2.45) is 5.10 Å². The fourth-order valence-electron chi connectivity index (χ4n) is 2.30. The molecule has 2 aromatic carbocycles. The van der Waals surface area contributed by atoms with E-state index in [4.69, 9.17) is 4.74 Å². The minimum Gasteiger partial charge on any atom is -0.504 e. The van der Waals surface area contributed by atoms with Crippen molar-refractivity contribution in [1.29, 1.82) is 0 Å². The van der Waals surface area contributed by atoms with Crippen molar-refractivity contribution in [3.05, 3.63) is 53.1 Å². The van der Waals surface area contributed by atoms with Gasteiger partial charge >= 0.3 is 0 Å². The third kappa shape index (κ3) is 5.53. The first-order valence-electron chi connectivity index (χ1n) is 8.08. The lowest BCUT2D eigenvalue weighted by atomic mass is 10.1. The van der Waals surface area contributed by atoms with Gasteiger partial charge in [-0.05, 0) is 56.2 Å². The molecule has 3 N–H and O–H groups in total. The number of amides is 1. The van der Waals surface area contributed by atoms with Crippen LogP contribution < -0.4 is 15.5 Å². The number of nitrogens with one attached hydrogen (secondary N) is 2. The molecule has 2 aromatic rings. The normalized spacial score (nSPS) is 10.7. The molecule has 0 aliphatic heterocycles. The maximum absolute atomic E-state index is 11.8. The first-order chi connectivity index (χ1) is 12.0. The maximum atomic E-state index is 11.8. The monoisotopic (exact) mass is 341 g/mol. The van der Waals surface area contributed by atoms with E-state index in [9.17, 15) is 9.90 Å². The number of rotatable bonds is 7. The predicted octanol–water partition coefficient (Wildman–Crippen LogP) is 2.97. The summed E-state index contributed by atoms with van der Waals surface area (Å²) in [6.07, 6.45) is 1.46. The van der Waals surface area contributed by atoms with E-state index in [0.717, 1.165) is 11.3 Å². The molecule has 0 saturated heterocycles. The molecule has 25 heavy (non-hydrogen) atoms. The van der Waals surface area contributed by atoms with Crippen LogP contribution in [0.15, 0.2) is 41.5 Å². The number of phenols is 1. The molecule has 132 valence electrons. The summed E-state index contributed by atoms with van der Waals surface area (Å²) in [4.78, 5) is 11.8. The second-order valence-corrected chi connectivity index (χ2v) is 5.63. The van der Waals surface area contributed by atoms with Gasteiger partial charge in [-0.15, -0.1) is 0 Å². The molecular formula is C19H23N3O3. The molecule has 0 aliphatic rings. The average molecular weight is 341 g/mol. The van der Waals surface area contributed by atoms with E-state index in [1.165, 1.54) is 17.8 Å². The van der Waals surface area contributed by atoms with E-state index in [1.807, 2.05) is 32.9 Å². The molecule has 0 unspecified atom stereocenters. The molecule has 0 spiro atoms. The Morgan fingerprint density at radius 1 is 1.24 bits per heavy atom. The number of ether oxygens (including phenoxy) is 1. The van der Waals surface area contributed by atoms with Crippen molar-refractivity contribution < 1.29 is 14.6 Å². The van der Waals surface area contributed by atoms with Gasteiger partial charge in [-0.3, -0.25) is 4.79 Å². The number of benzene rings is 2. The summed E-state index contributed by atoms with van der Waals surface area (Å²) in [5.41, 5.74) is 6.28. The summed E-state index contributed by atoms with van der Waals surface area (Å²) in [5.74, 6) is 0.196. The number of aryl methyl sites for hydroxylation is 2. The Labute approximate surface area is 147 Å². The third-order valence-electron chi connectivity index (χ3n) is 3.51. The minimum atomic E-state index is -0.258. The summed E-state index contributed by atoms with van der Waals surface area (Å²) in [7, 11) is 0. The third-order valence-corrected chi connectivity index (χ3v) is 3.51. The molecule has 0 atom stereocenters. The van der Waals surface area contributed by atoms with E-state index < -0.39 is 0 Å². The zero-order valence-electron chi connectivity index (χ0n) is 14.7. The van der Waals surface area contributed by atoms with E-state index >= 15 is 0 Å². The van der Waals surface area contributed by atoms with Crippen LogP contribution in [0.3, 0.4) is 0 Å². The molecule has 2 rings (SSSR count). The largest absolute Gasteiger partial charge is 0.504 e. The standard InChI is InChI=1S/C19H23N3O3/c1-4-25-18-8-6-15(10-17(18)23)11-21-22-19(24)12-20-16-7-5-13(2)9-14(16)3/h5-11,20,23H,4,12H2,1-3H3,(H,22,24). The number of hydrogen-bond donors (Lipinski definition) is 3. The van der Waals surface area contributed by atoms with Gasteiger partial charge < -0.3 is 15.2 Å². The Morgan fingerprint density at radius 2 is 2.04 bits per heavy atom. The van der Waals surface area contributed by atoms with Crippen molar-refractivity contribution in [2.45, 2.75) is 20.8 Å². The lowest BCUT2D eigenvalue weighted by molar-refractivity contribution is -0.119. The molecule has 0 heterocycles. The number of aromatic hydroxyl groups is 1. The fourth-order valence-corrected chi connectivity index (χ4v) is 2.30. The van der Waals surface area contributed by atoms with Crippen molar-refractivity contribution in [2.75, 3.05) is 18.5 Å². The zero-order chi connectivity index (χ0) is 18.2. The molecule has 0 aromatic heterocycles. The topological polar surface area (TPSA) is 83.0 Å². The van der Waals surface area contributed by atoms with Gasteiger partial charge in [0.1, 0.15) is 0 Å². The Morgan fingerprint density at radius 3 is 2.72 bits per heavy atom. The van der Waals surface area contributed by atoms with Crippen LogP contribution in [0.2, 0.25) is 0 Å². The number of anilines is 1. The molecule has 0 bridgehead atoms. The lowest BCUT2D eigenvalue weighted by Crippen LogP contribution is -2.26. The van der Waals surface area contributed by atoms with Crippen LogP contribution in [0.4, 0.5) is 5.69 Å². The predicted molar refractivity (Wildman–Crippen MR) is 99.4 cm³/mol. The summed E-state index contributed by atoms with van der Waals surface area (Å²) in [6.45, 7) is 6.46. The van der Waals surface area contributed by atoms with Crippen LogP contribution in [0.25, 0.3) is 0 Å². The molecule has 0 aliphatic carbocycles. The smallest absolute Gasteiger partial charge is 0.259 e. The van der Waals surface area contributed by atoms with Crippen molar-refractivity contribution >= 4 is 17.8 Å². The Bertz CT molecular complexity index is 773. The number of carbonyl (C=O) groups excluding carboxylic acids is 1. The van der Waals surface area contributed by atoms with Gasteiger partial charge in [-0.2, -0.15) is 5.10 Å². The summed E-state index contributed by atoms with van der Waals surface area (Å²) < 4.78 is 5.25. The molecule has 0 radical (unpaired) electrons. The number of carbonyl (C=O) groups is 1. The second-order valence-electron chi connectivity index (χ2n) is 5.63. The Balaban J connectivity index is 1.85. The highest BCUT2D eigenvalue weighted by Gasteiger charge is 2.03. The molecule has 1 amide bonds. The molecule has 0 fully saturated rings. The van der Waals surface area contributed by atoms with Gasteiger partial charge in [0.05, 0.1) is 19.4 Å². The fraction of sp³-hybridized carbons (Fsp3) is 0.263. The van der Waals surface area contributed by atoms with E-state index in [1.54, 1.807) is 12.1 Å². The van der Waals surface area contributed by atoms with E-state index in [0.29, 0.717) is 17.9 Å². The van der Waals surface area contributed by atoms with Gasteiger partial charge in [0.2, 0.25) is 0 Å². The van der Waals surface area contributed by atoms with E-state index in [2.05, 4.69) is 21.9 Å². The average Bonchev–Trinajstić information content (AvgIpc) is 2.56. The molecular weight excluding hydrogens is 318 g/mol. The van der Waals surface area contributed by atoms with Gasteiger partial charge in [0.15, 0.2) is 11.5 Å². The van der Waals surface area contributed by atoms with Crippen molar-refractivity contribution in [3.8, 4) is 11.5 Å². The molecule has 0 saturated carbocycles. The SMILES string of the molecule is CCOc1ccc(C=NNC(=O)CNc2ccc(C)cc2C)cc1O. The first kappa shape index (κ1) is 18.3. The highest BCUT2D eigenvalue weighted by atomic mass is 16.5.